The molecule has 0 unspecified atom stereocenters. The summed E-state index contributed by atoms with van der Waals surface area (Å²) < 4.78 is 5.39. The Morgan fingerprint density at radius 3 is 2.57 bits per heavy atom. The number of anilines is 1. The Bertz CT molecular complexity index is 478. The predicted molar refractivity (Wildman–Crippen MR) is 84.7 cm³/mol. The van der Waals surface area contributed by atoms with Crippen LogP contribution in [0.1, 0.15) is 51.3 Å². The highest BCUT2D eigenvalue weighted by Crippen LogP contribution is 2.46. The van der Waals surface area contributed by atoms with Crippen molar-refractivity contribution in [1.29, 1.82) is 0 Å². The largest absolute Gasteiger partial charge is 0.374 e. The van der Waals surface area contributed by atoms with Gasteiger partial charge in [0, 0.05) is 25.8 Å². The zero-order valence-corrected chi connectivity index (χ0v) is 13.5. The molecule has 4 nitrogen and oxygen atoms in total. The first-order valence-electron chi connectivity index (χ1n) is 8.07. The zero-order valence-electron chi connectivity index (χ0n) is 12.8. The zero-order chi connectivity index (χ0) is 14.7. The fourth-order valence-electron chi connectivity index (χ4n) is 3.71. The fourth-order valence-corrected chi connectivity index (χ4v) is 3.90. The first-order chi connectivity index (χ1) is 10.2. The summed E-state index contributed by atoms with van der Waals surface area (Å²) in [6.07, 6.45) is 8.24. The molecular weight excluding hydrogens is 286 g/mol. The minimum Gasteiger partial charge on any atom is -0.374 e. The van der Waals surface area contributed by atoms with Crippen molar-refractivity contribution in [1.82, 2.24) is 9.97 Å². The summed E-state index contributed by atoms with van der Waals surface area (Å²) in [6.45, 7) is 5.24. The lowest BCUT2D eigenvalue weighted by Gasteiger charge is -2.40. The van der Waals surface area contributed by atoms with Crippen LogP contribution in [0.5, 0.6) is 0 Å². The third-order valence-electron chi connectivity index (χ3n) is 4.98. The van der Waals surface area contributed by atoms with Gasteiger partial charge in [0.1, 0.15) is 17.6 Å². The molecule has 2 aliphatic rings. The molecule has 2 heterocycles. The second-order valence-corrected chi connectivity index (χ2v) is 6.68. The first-order valence-corrected chi connectivity index (χ1v) is 8.45. The number of ether oxygens (including phenoxy) is 1. The van der Waals surface area contributed by atoms with E-state index < -0.39 is 0 Å². The van der Waals surface area contributed by atoms with E-state index in [1.165, 1.54) is 38.5 Å². The van der Waals surface area contributed by atoms with E-state index in [4.69, 9.17) is 16.3 Å². The van der Waals surface area contributed by atoms with Crippen LogP contribution in [0.25, 0.3) is 0 Å². The van der Waals surface area contributed by atoms with Gasteiger partial charge in [0.25, 0.3) is 0 Å². The van der Waals surface area contributed by atoms with E-state index in [0.717, 1.165) is 18.9 Å². The normalized spacial score (nSPS) is 21.1. The molecule has 2 fully saturated rings. The molecule has 5 heteroatoms. The van der Waals surface area contributed by atoms with Crippen molar-refractivity contribution in [3.05, 3.63) is 17.0 Å². The summed E-state index contributed by atoms with van der Waals surface area (Å²) in [5.41, 5.74) is 0.626. The lowest BCUT2D eigenvalue weighted by molar-refractivity contribution is 0.128. The van der Waals surface area contributed by atoms with Crippen molar-refractivity contribution in [3.63, 3.8) is 0 Å². The van der Waals surface area contributed by atoms with Crippen molar-refractivity contribution < 1.29 is 4.74 Å². The minimum absolute atomic E-state index is 0.432. The van der Waals surface area contributed by atoms with E-state index >= 15 is 0 Å². The van der Waals surface area contributed by atoms with Gasteiger partial charge in [-0.3, -0.25) is 0 Å². The van der Waals surface area contributed by atoms with Crippen molar-refractivity contribution >= 4 is 17.4 Å². The number of nitrogens with zero attached hydrogens (tertiary/aromatic N) is 3. The SMILES string of the molecule is CCOCc1nc(Cl)cc(N2CCC3(CCCC3)CC2)n1. The second kappa shape index (κ2) is 6.49. The second-order valence-electron chi connectivity index (χ2n) is 6.30. The molecule has 0 bridgehead atoms. The fraction of sp³-hybridized carbons (Fsp3) is 0.750. The number of hydrogen-bond acceptors (Lipinski definition) is 4. The molecule has 0 N–H and O–H groups in total. The Morgan fingerprint density at radius 2 is 1.90 bits per heavy atom. The maximum absolute atomic E-state index is 6.14. The van der Waals surface area contributed by atoms with Crippen molar-refractivity contribution in [2.75, 3.05) is 24.6 Å². The standard InChI is InChI=1S/C16H24ClN3O/c1-2-21-12-14-18-13(17)11-15(19-14)20-9-7-16(8-10-20)5-3-4-6-16/h11H,2-10,12H2,1H3. The molecule has 1 aromatic heterocycles. The molecular formula is C16H24ClN3O. The predicted octanol–water partition coefficient (Wildman–Crippen LogP) is 3.83. The van der Waals surface area contributed by atoms with E-state index in [0.29, 0.717) is 29.6 Å². The Hall–Kier alpha value is -0.870. The van der Waals surface area contributed by atoms with E-state index in [-0.39, 0.29) is 0 Å². The molecule has 0 radical (unpaired) electrons. The molecule has 1 spiro atoms. The quantitative estimate of drug-likeness (QED) is 0.792. The summed E-state index contributed by atoms with van der Waals surface area (Å²) in [4.78, 5) is 11.2. The Kier molecular flexibility index (Phi) is 4.65. The van der Waals surface area contributed by atoms with E-state index in [1.807, 2.05) is 13.0 Å². The monoisotopic (exact) mass is 309 g/mol. The van der Waals surface area contributed by atoms with Crippen LogP contribution in [-0.4, -0.2) is 29.7 Å². The summed E-state index contributed by atoms with van der Waals surface area (Å²) in [5.74, 6) is 1.64. The van der Waals surface area contributed by atoms with Crippen LogP contribution in [-0.2, 0) is 11.3 Å². The first kappa shape index (κ1) is 15.0. The molecule has 0 atom stereocenters. The molecule has 116 valence electrons. The van der Waals surface area contributed by atoms with Gasteiger partial charge in [-0.15, -0.1) is 0 Å². The van der Waals surface area contributed by atoms with Gasteiger partial charge in [0.05, 0.1) is 0 Å². The number of rotatable bonds is 4. The van der Waals surface area contributed by atoms with Crippen molar-refractivity contribution in [3.8, 4) is 0 Å². The molecule has 21 heavy (non-hydrogen) atoms. The van der Waals surface area contributed by atoms with Crippen LogP contribution in [0, 0.1) is 5.41 Å². The molecule has 1 aromatic rings. The van der Waals surface area contributed by atoms with Crippen molar-refractivity contribution in [2.24, 2.45) is 5.41 Å². The maximum Gasteiger partial charge on any atom is 0.158 e. The van der Waals surface area contributed by atoms with Crippen LogP contribution < -0.4 is 4.90 Å². The van der Waals surface area contributed by atoms with Gasteiger partial charge < -0.3 is 9.64 Å². The molecule has 3 rings (SSSR count). The number of aromatic nitrogens is 2. The van der Waals surface area contributed by atoms with Crippen LogP contribution in [0.3, 0.4) is 0 Å². The lowest BCUT2D eigenvalue weighted by atomic mass is 9.77. The summed E-state index contributed by atoms with van der Waals surface area (Å²) >= 11 is 6.14. The van der Waals surface area contributed by atoms with Gasteiger partial charge >= 0.3 is 0 Å². The van der Waals surface area contributed by atoms with E-state index in [9.17, 15) is 0 Å². The summed E-state index contributed by atoms with van der Waals surface area (Å²) in [6, 6.07) is 1.88. The topological polar surface area (TPSA) is 38.2 Å². The van der Waals surface area contributed by atoms with Gasteiger partial charge in [0.2, 0.25) is 0 Å². The van der Waals surface area contributed by atoms with Gasteiger partial charge in [-0.25, -0.2) is 9.97 Å². The summed E-state index contributed by atoms with van der Waals surface area (Å²) in [7, 11) is 0. The van der Waals surface area contributed by atoms with Gasteiger partial charge in [-0.2, -0.15) is 0 Å². The highest BCUT2D eigenvalue weighted by Gasteiger charge is 2.37. The average molecular weight is 310 g/mol. The molecule has 1 aliphatic carbocycles. The molecule has 1 aliphatic heterocycles. The van der Waals surface area contributed by atoms with Gasteiger partial charge in [-0.1, -0.05) is 24.4 Å². The van der Waals surface area contributed by atoms with Gasteiger partial charge in [-0.05, 0) is 38.0 Å². The molecule has 0 aromatic carbocycles. The van der Waals surface area contributed by atoms with E-state index in [2.05, 4.69) is 14.9 Å². The average Bonchev–Trinajstić information content (AvgIpc) is 2.93. The number of piperidine rings is 1. The maximum atomic E-state index is 6.14. The highest BCUT2D eigenvalue weighted by atomic mass is 35.5. The molecule has 1 saturated carbocycles. The minimum atomic E-state index is 0.432. The van der Waals surface area contributed by atoms with Crippen LogP contribution in [0.4, 0.5) is 5.82 Å². The third kappa shape index (κ3) is 3.49. The lowest BCUT2D eigenvalue weighted by Crippen LogP contribution is -2.39. The number of halogens is 1. The Labute approximate surface area is 131 Å². The Balaban J connectivity index is 1.68. The van der Waals surface area contributed by atoms with Crippen LogP contribution >= 0.6 is 11.6 Å². The number of hydrogen-bond donors (Lipinski definition) is 0. The van der Waals surface area contributed by atoms with Crippen LogP contribution in [0.15, 0.2) is 6.07 Å². The smallest absolute Gasteiger partial charge is 0.158 e. The summed E-state index contributed by atoms with van der Waals surface area (Å²) in [5, 5.41) is 0.510. The van der Waals surface area contributed by atoms with Gasteiger partial charge in [0.15, 0.2) is 5.82 Å². The third-order valence-corrected chi connectivity index (χ3v) is 5.17. The van der Waals surface area contributed by atoms with Crippen molar-refractivity contribution in [2.45, 2.75) is 52.1 Å². The molecule has 0 amide bonds. The Morgan fingerprint density at radius 1 is 1.19 bits per heavy atom. The highest BCUT2D eigenvalue weighted by molar-refractivity contribution is 6.29. The molecule has 1 saturated heterocycles. The van der Waals surface area contributed by atoms with Crippen LogP contribution in [0.2, 0.25) is 5.15 Å². The van der Waals surface area contributed by atoms with E-state index in [1.54, 1.807) is 0 Å².